The average Bonchev–Trinajstić information content (AvgIpc) is 3.01. The largest absolute Gasteiger partial charge is 0.465 e. The number of hydrogen-bond donors (Lipinski definition) is 1. The number of rotatable bonds is 4. The van der Waals surface area contributed by atoms with Crippen molar-refractivity contribution in [3.8, 4) is 11.5 Å². The number of benzene rings is 1. The molecule has 2 aromatic heterocycles. The summed E-state index contributed by atoms with van der Waals surface area (Å²) in [5.41, 5.74) is 1.93. The number of pyridine rings is 1. The summed E-state index contributed by atoms with van der Waals surface area (Å²) in [5, 5.41) is 11.2. The number of nitrogens with zero attached hydrogens (tertiary/aromatic N) is 4. The molecule has 1 aromatic carbocycles. The van der Waals surface area contributed by atoms with Crippen LogP contribution in [0.2, 0.25) is 0 Å². The van der Waals surface area contributed by atoms with E-state index in [-0.39, 0.29) is 5.97 Å². The number of aromatic amines is 1. The number of methoxy groups -OCH3 is 1. The molecule has 2 heterocycles. The molecule has 7 nitrogen and oxygen atoms in total. The first kappa shape index (κ1) is 15.8. The van der Waals surface area contributed by atoms with E-state index < -0.39 is 0 Å². The van der Waals surface area contributed by atoms with Crippen molar-refractivity contribution in [2.45, 2.75) is 0 Å². The smallest absolute Gasteiger partial charge is 0.337 e. The first-order valence-corrected chi connectivity index (χ1v) is 7.41. The van der Waals surface area contributed by atoms with Crippen LogP contribution in [-0.2, 0) is 4.74 Å². The Labute approximate surface area is 142 Å². The molecule has 1 N–H and O–H groups in total. The summed E-state index contributed by atoms with van der Waals surface area (Å²) in [5.74, 6) is 0.135. The fourth-order valence-corrected chi connectivity index (χ4v) is 2.19. The Balaban J connectivity index is 1.89. The van der Waals surface area contributed by atoms with Crippen LogP contribution in [-0.4, -0.2) is 39.2 Å². The SMILES string of the molecule is COC(=O)c1ccc(C=Nn2c(-c3ccccn3)n[nH]c2=S)cc1. The van der Waals surface area contributed by atoms with Gasteiger partial charge in [0.15, 0.2) is 0 Å². The van der Waals surface area contributed by atoms with Gasteiger partial charge in [0.2, 0.25) is 10.6 Å². The predicted octanol–water partition coefficient (Wildman–Crippen LogP) is 2.67. The third-order valence-electron chi connectivity index (χ3n) is 3.20. The Morgan fingerprint density at radius 3 is 2.75 bits per heavy atom. The lowest BCUT2D eigenvalue weighted by Gasteiger charge is -2.01. The van der Waals surface area contributed by atoms with Crippen LogP contribution in [0.15, 0.2) is 53.8 Å². The zero-order valence-corrected chi connectivity index (χ0v) is 13.5. The van der Waals surface area contributed by atoms with Crippen molar-refractivity contribution in [3.63, 3.8) is 0 Å². The molecule has 3 rings (SSSR count). The molecule has 0 saturated carbocycles. The average molecular weight is 339 g/mol. The van der Waals surface area contributed by atoms with Gasteiger partial charge >= 0.3 is 5.97 Å². The normalized spacial score (nSPS) is 10.9. The number of H-pyrrole nitrogens is 1. The summed E-state index contributed by atoms with van der Waals surface area (Å²) in [7, 11) is 1.34. The zero-order valence-electron chi connectivity index (χ0n) is 12.7. The Hall–Kier alpha value is -3.13. The van der Waals surface area contributed by atoms with Gasteiger partial charge < -0.3 is 4.74 Å². The molecule has 0 bridgehead atoms. The molecule has 120 valence electrons. The minimum absolute atomic E-state index is 0.359. The number of esters is 1. The second-order valence-electron chi connectivity index (χ2n) is 4.74. The highest BCUT2D eigenvalue weighted by Crippen LogP contribution is 2.13. The number of hydrogen-bond acceptors (Lipinski definition) is 6. The molecule has 8 heteroatoms. The van der Waals surface area contributed by atoms with Crippen molar-refractivity contribution < 1.29 is 9.53 Å². The van der Waals surface area contributed by atoms with Crippen molar-refractivity contribution in [2.75, 3.05) is 7.11 Å². The van der Waals surface area contributed by atoms with E-state index >= 15 is 0 Å². The number of carbonyl (C=O) groups is 1. The molecule has 0 spiro atoms. The lowest BCUT2D eigenvalue weighted by molar-refractivity contribution is 0.0600. The monoisotopic (exact) mass is 339 g/mol. The van der Waals surface area contributed by atoms with Gasteiger partial charge in [-0.25, -0.2) is 9.89 Å². The highest BCUT2D eigenvalue weighted by Gasteiger charge is 2.08. The molecule has 0 radical (unpaired) electrons. The van der Waals surface area contributed by atoms with Crippen molar-refractivity contribution in [3.05, 3.63) is 64.6 Å². The number of carbonyl (C=O) groups excluding carboxylic acids is 1. The molecule has 0 atom stereocenters. The Morgan fingerprint density at radius 2 is 2.08 bits per heavy atom. The van der Waals surface area contributed by atoms with Crippen LogP contribution < -0.4 is 0 Å². The molecule has 0 saturated heterocycles. The van der Waals surface area contributed by atoms with E-state index in [4.69, 9.17) is 12.2 Å². The van der Waals surface area contributed by atoms with Gasteiger partial charge in [0.25, 0.3) is 0 Å². The maximum absolute atomic E-state index is 11.4. The van der Waals surface area contributed by atoms with Gasteiger partial charge in [0, 0.05) is 6.20 Å². The van der Waals surface area contributed by atoms with E-state index in [0.717, 1.165) is 5.56 Å². The van der Waals surface area contributed by atoms with E-state index in [0.29, 0.717) is 21.9 Å². The Bertz CT molecular complexity index is 929. The predicted molar refractivity (Wildman–Crippen MR) is 91.4 cm³/mol. The molecule has 0 amide bonds. The van der Waals surface area contributed by atoms with Crippen LogP contribution in [0.5, 0.6) is 0 Å². The lowest BCUT2D eigenvalue weighted by Crippen LogP contribution is -2.01. The van der Waals surface area contributed by atoms with E-state index in [1.165, 1.54) is 11.8 Å². The van der Waals surface area contributed by atoms with Crippen LogP contribution in [0.4, 0.5) is 0 Å². The fourth-order valence-electron chi connectivity index (χ4n) is 2.01. The molecule has 3 aromatic rings. The maximum atomic E-state index is 11.4. The maximum Gasteiger partial charge on any atom is 0.337 e. The molecule has 0 aliphatic rings. The second kappa shape index (κ2) is 6.97. The van der Waals surface area contributed by atoms with Crippen LogP contribution in [0, 0.1) is 4.77 Å². The van der Waals surface area contributed by atoms with Crippen LogP contribution >= 0.6 is 12.2 Å². The summed E-state index contributed by atoms with van der Waals surface area (Å²) in [6.45, 7) is 0. The number of ether oxygens (including phenoxy) is 1. The van der Waals surface area contributed by atoms with E-state index in [1.807, 2.05) is 18.2 Å². The van der Waals surface area contributed by atoms with Crippen LogP contribution in [0.25, 0.3) is 11.5 Å². The summed E-state index contributed by atoms with van der Waals surface area (Å²) in [4.78, 5) is 15.7. The summed E-state index contributed by atoms with van der Waals surface area (Å²) in [6, 6.07) is 12.4. The van der Waals surface area contributed by atoms with Gasteiger partial charge in [-0.2, -0.15) is 14.9 Å². The first-order valence-electron chi connectivity index (χ1n) is 7.00. The third-order valence-corrected chi connectivity index (χ3v) is 3.46. The van der Waals surface area contributed by atoms with Gasteiger partial charge in [-0.3, -0.25) is 4.98 Å². The van der Waals surface area contributed by atoms with Gasteiger partial charge in [0.1, 0.15) is 5.69 Å². The van der Waals surface area contributed by atoms with Gasteiger partial charge in [0.05, 0.1) is 18.9 Å². The van der Waals surface area contributed by atoms with Crippen molar-refractivity contribution >= 4 is 24.4 Å². The van der Waals surface area contributed by atoms with E-state index in [2.05, 4.69) is 25.0 Å². The second-order valence-corrected chi connectivity index (χ2v) is 5.12. The standard InChI is InChI=1S/C16H13N5O2S/c1-23-15(22)12-7-5-11(6-8-12)10-18-21-14(19-20-16(21)24)13-4-2-3-9-17-13/h2-10H,1H3,(H,20,24). The first-order chi connectivity index (χ1) is 11.7. The van der Waals surface area contributed by atoms with Crippen LogP contribution in [0.3, 0.4) is 0 Å². The molecular formula is C16H13N5O2S. The molecular weight excluding hydrogens is 326 g/mol. The molecule has 0 fully saturated rings. The number of nitrogens with one attached hydrogen (secondary N) is 1. The molecule has 24 heavy (non-hydrogen) atoms. The highest BCUT2D eigenvalue weighted by atomic mass is 32.1. The molecule has 0 aliphatic heterocycles. The Morgan fingerprint density at radius 1 is 1.29 bits per heavy atom. The van der Waals surface area contributed by atoms with E-state index in [1.54, 1.807) is 36.7 Å². The van der Waals surface area contributed by atoms with E-state index in [9.17, 15) is 4.79 Å². The topological polar surface area (TPSA) is 85.2 Å². The number of aromatic nitrogens is 4. The van der Waals surface area contributed by atoms with Crippen molar-refractivity contribution in [1.82, 2.24) is 19.9 Å². The molecule has 0 aliphatic carbocycles. The minimum atomic E-state index is -0.381. The van der Waals surface area contributed by atoms with Crippen molar-refractivity contribution in [1.29, 1.82) is 0 Å². The summed E-state index contributed by atoms with van der Waals surface area (Å²) in [6.07, 6.45) is 3.30. The third kappa shape index (κ3) is 3.28. The summed E-state index contributed by atoms with van der Waals surface area (Å²) >= 11 is 5.20. The van der Waals surface area contributed by atoms with Gasteiger partial charge in [-0.1, -0.05) is 18.2 Å². The van der Waals surface area contributed by atoms with Crippen molar-refractivity contribution in [2.24, 2.45) is 5.10 Å². The zero-order chi connectivity index (χ0) is 16.9. The minimum Gasteiger partial charge on any atom is -0.465 e. The van der Waals surface area contributed by atoms with Gasteiger partial charge in [-0.05, 0) is 42.0 Å². The fraction of sp³-hybridized carbons (Fsp3) is 0.0625. The lowest BCUT2D eigenvalue weighted by atomic mass is 10.1. The van der Waals surface area contributed by atoms with Crippen LogP contribution in [0.1, 0.15) is 15.9 Å². The quantitative estimate of drug-likeness (QED) is 0.449. The van der Waals surface area contributed by atoms with Gasteiger partial charge in [-0.15, -0.1) is 0 Å². The highest BCUT2D eigenvalue weighted by molar-refractivity contribution is 7.71. The summed E-state index contributed by atoms with van der Waals surface area (Å²) < 4.78 is 6.52. The Kier molecular flexibility index (Phi) is 4.57. The molecule has 0 unspecified atom stereocenters.